The number of aromatic nitrogens is 4. The van der Waals surface area contributed by atoms with Crippen LogP contribution in [0, 0.1) is 0 Å². The van der Waals surface area contributed by atoms with Crippen LogP contribution in [0.15, 0.2) is 33.5 Å². The summed E-state index contributed by atoms with van der Waals surface area (Å²) in [6.45, 7) is 0. The molecule has 0 saturated carbocycles. The van der Waals surface area contributed by atoms with Crippen molar-refractivity contribution in [3.05, 3.63) is 39.2 Å². The van der Waals surface area contributed by atoms with E-state index in [-0.39, 0.29) is 16.0 Å². The summed E-state index contributed by atoms with van der Waals surface area (Å²) in [4.78, 5) is 15.3. The summed E-state index contributed by atoms with van der Waals surface area (Å²) in [5.74, 6) is -0.0224. The number of nitrogens with one attached hydrogen (secondary N) is 2. The van der Waals surface area contributed by atoms with Crippen LogP contribution in [0.4, 0.5) is 5.82 Å². The molecule has 0 amide bonds. The SMILES string of the molecule is O=c1ccc(NS(=O)(=O)c2c(Cl)nc3sccn23)n[nH]1. The minimum atomic E-state index is -3.97. The van der Waals surface area contributed by atoms with Gasteiger partial charge in [-0.25, -0.2) is 10.1 Å². The average Bonchev–Trinajstić information content (AvgIpc) is 2.91. The summed E-state index contributed by atoms with van der Waals surface area (Å²) in [5.41, 5.74) is -0.435. The fourth-order valence-electron chi connectivity index (χ4n) is 1.57. The van der Waals surface area contributed by atoms with Crippen molar-refractivity contribution in [2.24, 2.45) is 0 Å². The number of anilines is 1. The zero-order valence-corrected chi connectivity index (χ0v) is 12.0. The molecule has 0 atom stereocenters. The molecular formula is C9H6ClN5O3S2. The number of aromatic amines is 1. The molecule has 3 aromatic heterocycles. The predicted octanol–water partition coefficient (Wildman–Crippen LogP) is 0.933. The van der Waals surface area contributed by atoms with Gasteiger partial charge in [-0.15, -0.1) is 11.3 Å². The first kappa shape index (κ1) is 13.1. The Labute approximate surface area is 121 Å². The number of H-pyrrole nitrogens is 1. The van der Waals surface area contributed by atoms with E-state index >= 15 is 0 Å². The molecule has 0 saturated heterocycles. The lowest BCUT2D eigenvalue weighted by molar-refractivity contribution is 0.596. The van der Waals surface area contributed by atoms with Crippen LogP contribution >= 0.6 is 22.9 Å². The molecule has 8 nitrogen and oxygen atoms in total. The highest BCUT2D eigenvalue weighted by atomic mass is 35.5. The molecule has 0 aromatic carbocycles. The van der Waals surface area contributed by atoms with E-state index in [1.807, 2.05) is 0 Å². The van der Waals surface area contributed by atoms with Gasteiger partial charge in [0.15, 0.2) is 21.0 Å². The molecule has 0 radical (unpaired) electrons. The first-order chi connectivity index (χ1) is 9.47. The van der Waals surface area contributed by atoms with E-state index in [1.54, 1.807) is 11.6 Å². The Bertz CT molecular complexity index is 922. The van der Waals surface area contributed by atoms with E-state index in [0.29, 0.717) is 4.96 Å². The third-order valence-electron chi connectivity index (χ3n) is 2.35. The van der Waals surface area contributed by atoms with Crippen molar-refractivity contribution in [2.75, 3.05) is 4.72 Å². The van der Waals surface area contributed by atoms with Gasteiger partial charge in [-0.3, -0.25) is 13.9 Å². The Morgan fingerprint density at radius 1 is 1.40 bits per heavy atom. The van der Waals surface area contributed by atoms with E-state index in [0.717, 1.165) is 6.07 Å². The van der Waals surface area contributed by atoms with E-state index in [4.69, 9.17) is 11.6 Å². The number of imidazole rings is 1. The maximum absolute atomic E-state index is 12.3. The molecule has 0 bridgehead atoms. The lowest BCUT2D eigenvalue weighted by atomic mass is 10.5. The van der Waals surface area contributed by atoms with Crippen LogP contribution in [-0.4, -0.2) is 28.0 Å². The topological polar surface area (TPSA) is 109 Å². The first-order valence-corrected chi connectivity index (χ1v) is 7.91. The Kier molecular flexibility index (Phi) is 3.00. The van der Waals surface area contributed by atoms with Crippen LogP contribution in [0.5, 0.6) is 0 Å². The van der Waals surface area contributed by atoms with Gasteiger partial charge in [-0.05, 0) is 6.07 Å². The van der Waals surface area contributed by atoms with E-state index in [9.17, 15) is 13.2 Å². The first-order valence-electron chi connectivity index (χ1n) is 5.17. The van der Waals surface area contributed by atoms with Crippen LogP contribution in [-0.2, 0) is 10.0 Å². The van der Waals surface area contributed by atoms with Gasteiger partial charge in [0, 0.05) is 17.6 Å². The Balaban J connectivity index is 2.07. The van der Waals surface area contributed by atoms with Crippen LogP contribution in [0.1, 0.15) is 0 Å². The van der Waals surface area contributed by atoms with E-state index in [2.05, 4.69) is 19.9 Å². The maximum Gasteiger partial charge on any atom is 0.282 e. The fraction of sp³-hybridized carbons (Fsp3) is 0. The molecule has 0 spiro atoms. The fourth-order valence-corrected chi connectivity index (χ4v) is 4.02. The van der Waals surface area contributed by atoms with Gasteiger partial charge >= 0.3 is 0 Å². The molecule has 104 valence electrons. The van der Waals surface area contributed by atoms with Gasteiger partial charge in [-0.2, -0.15) is 13.5 Å². The summed E-state index contributed by atoms with van der Waals surface area (Å²) < 4.78 is 28.2. The van der Waals surface area contributed by atoms with Gasteiger partial charge in [0.25, 0.3) is 15.6 Å². The van der Waals surface area contributed by atoms with Crippen molar-refractivity contribution in [3.8, 4) is 0 Å². The van der Waals surface area contributed by atoms with Crippen LogP contribution < -0.4 is 10.3 Å². The van der Waals surface area contributed by atoms with Gasteiger partial charge in [0.1, 0.15) is 0 Å². The minimum absolute atomic E-state index is 0.0224. The second kappa shape index (κ2) is 4.58. The summed E-state index contributed by atoms with van der Waals surface area (Å²) in [7, 11) is -3.97. The Morgan fingerprint density at radius 3 is 2.90 bits per heavy atom. The van der Waals surface area contributed by atoms with Gasteiger partial charge < -0.3 is 0 Å². The van der Waals surface area contributed by atoms with Crippen molar-refractivity contribution in [1.29, 1.82) is 0 Å². The number of sulfonamides is 1. The second-order valence-electron chi connectivity index (χ2n) is 3.68. The van der Waals surface area contributed by atoms with Gasteiger partial charge in [0.2, 0.25) is 0 Å². The smallest absolute Gasteiger partial charge is 0.278 e. The molecule has 0 fully saturated rings. The standard InChI is InChI=1S/C9H6ClN5O3S2/c10-7-8(15-3-4-19-9(15)11-7)20(17,18)14-5-1-2-6(16)13-12-5/h1-4H,(H,12,14)(H,13,16). The van der Waals surface area contributed by atoms with Crippen molar-refractivity contribution in [2.45, 2.75) is 5.03 Å². The van der Waals surface area contributed by atoms with Gasteiger partial charge in [0.05, 0.1) is 0 Å². The molecule has 0 aliphatic carbocycles. The second-order valence-corrected chi connectivity index (χ2v) is 6.50. The number of nitrogens with zero attached hydrogens (tertiary/aromatic N) is 3. The summed E-state index contributed by atoms with van der Waals surface area (Å²) in [6.07, 6.45) is 1.55. The third kappa shape index (κ3) is 2.17. The zero-order chi connectivity index (χ0) is 14.3. The lowest BCUT2D eigenvalue weighted by Crippen LogP contribution is -2.18. The predicted molar refractivity (Wildman–Crippen MR) is 73.7 cm³/mol. The van der Waals surface area contributed by atoms with Crippen molar-refractivity contribution in [3.63, 3.8) is 0 Å². The van der Waals surface area contributed by atoms with Crippen molar-refractivity contribution < 1.29 is 8.42 Å². The molecule has 0 aliphatic heterocycles. The highest BCUT2D eigenvalue weighted by molar-refractivity contribution is 7.92. The molecule has 11 heteroatoms. The third-order valence-corrected chi connectivity index (χ3v) is 4.86. The monoisotopic (exact) mass is 331 g/mol. The molecule has 0 unspecified atom stereocenters. The van der Waals surface area contributed by atoms with Crippen molar-refractivity contribution >= 4 is 43.7 Å². The number of thiazole rings is 1. The molecule has 3 heterocycles. The number of hydrogen-bond donors (Lipinski definition) is 2. The number of hydrogen-bond acceptors (Lipinski definition) is 6. The highest BCUT2D eigenvalue weighted by Gasteiger charge is 2.25. The number of fused-ring (bicyclic) bond motifs is 1. The van der Waals surface area contributed by atoms with Gasteiger partial charge in [-0.1, -0.05) is 11.6 Å². The van der Waals surface area contributed by atoms with Crippen molar-refractivity contribution in [1.82, 2.24) is 19.6 Å². The highest BCUT2D eigenvalue weighted by Crippen LogP contribution is 2.26. The number of rotatable bonds is 3. The normalized spacial score (nSPS) is 11.8. The van der Waals surface area contributed by atoms with Crippen LogP contribution in [0.2, 0.25) is 5.15 Å². The maximum atomic E-state index is 12.3. The molecule has 20 heavy (non-hydrogen) atoms. The largest absolute Gasteiger partial charge is 0.282 e. The molecule has 2 N–H and O–H groups in total. The summed E-state index contributed by atoms with van der Waals surface area (Å²) >= 11 is 7.12. The average molecular weight is 332 g/mol. The quantitative estimate of drug-likeness (QED) is 0.742. The minimum Gasteiger partial charge on any atom is -0.278 e. The zero-order valence-electron chi connectivity index (χ0n) is 9.57. The van der Waals surface area contributed by atoms with E-state index < -0.39 is 15.6 Å². The number of halogens is 1. The molecule has 0 aliphatic rings. The Hall–Kier alpha value is -1.91. The van der Waals surface area contributed by atoms with Crippen LogP contribution in [0.25, 0.3) is 4.96 Å². The molecule has 3 aromatic rings. The van der Waals surface area contributed by atoms with E-state index in [1.165, 1.54) is 21.8 Å². The lowest BCUT2D eigenvalue weighted by Gasteiger charge is -2.05. The summed E-state index contributed by atoms with van der Waals surface area (Å²) in [5, 5.41) is 7.08. The molecular weight excluding hydrogens is 326 g/mol. The summed E-state index contributed by atoms with van der Waals surface area (Å²) in [6, 6.07) is 2.40. The molecule has 3 rings (SSSR count). The Morgan fingerprint density at radius 2 is 2.20 bits per heavy atom. The van der Waals surface area contributed by atoms with Crippen LogP contribution in [0.3, 0.4) is 0 Å².